The van der Waals surface area contributed by atoms with Crippen molar-refractivity contribution in [3.05, 3.63) is 33.7 Å². The molecule has 1 heterocycles. The van der Waals surface area contributed by atoms with Crippen LogP contribution in [0.5, 0.6) is 0 Å². The van der Waals surface area contributed by atoms with Gasteiger partial charge < -0.3 is 15.0 Å². The van der Waals surface area contributed by atoms with Gasteiger partial charge in [-0.05, 0) is 24.8 Å². The lowest BCUT2D eigenvalue weighted by atomic mass is 10.2. The largest absolute Gasteiger partial charge is 0.395 e. The minimum Gasteiger partial charge on any atom is -0.395 e. The third-order valence-electron chi connectivity index (χ3n) is 2.98. The van der Waals surface area contributed by atoms with Crippen LogP contribution in [-0.4, -0.2) is 28.7 Å². The molecule has 0 fully saturated rings. The smallest absolute Gasteiger partial charge is 0.251 e. The fraction of sp³-hybridized carbons (Fsp3) is 0.500. The quantitative estimate of drug-likeness (QED) is 0.736. The van der Waals surface area contributed by atoms with Crippen molar-refractivity contribution in [1.29, 1.82) is 0 Å². The zero-order valence-corrected chi connectivity index (χ0v) is 9.61. The molecule has 0 saturated carbocycles. The summed E-state index contributed by atoms with van der Waals surface area (Å²) >= 11 is 0. The molecule has 0 radical (unpaired) electrons. The van der Waals surface area contributed by atoms with E-state index in [0.717, 1.165) is 25.0 Å². The zero-order valence-electron chi connectivity index (χ0n) is 9.61. The first-order valence-corrected chi connectivity index (χ1v) is 5.81. The Labute approximate surface area is 99.1 Å². The van der Waals surface area contributed by atoms with E-state index >= 15 is 0 Å². The minimum atomic E-state index is -0.235. The van der Waals surface area contributed by atoms with E-state index in [-0.39, 0.29) is 31.2 Å². The predicted octanol–water partition coefficient (Wildman–Crippen LogP) is -0.554. The van der Waals surface area contributed by atoms with Crippen molar-refractivity contribution in [1.82, 2.24) is 9.88 Å². The maximum Gasteiger partial charge on any atom is 0.251 e. The van der Waals surface area contributed by atoms with E-state index in [1.807, 2.05) is 6.07 Å². The summed E-state index contributed by atoms with van der Waals surface area (Å²) in [6.45, 7) is 0.179. The number of aliphatic hydroxyl groups is 1. The Morgan fingerprint density at radius 2 is 2.24 bits per heavy atom. The van der Waals surface area contributed by atoms with Crippen molar-refractivity contribution in [2.45, 2.75) is 25.8 Å². The van der Waals surface area contributed by atoms with Crippen LogP contribution in [0.1, 0.15) is 17.7 Å². The van der Waals surface area contributed by atoms with Crippen LogP contribution < -0.4 is 10.9 Å². The standard InChI is InChI=1S/C12H16N2O3/c15-7-6-13-11(16)8-14-10-3-1-2-9(10)4-5-12(14)17/h4-5,15H,1-3,6-8H2,(H,13,16). The number of hydrogen-bond acceptors (Lipinski definition) is 3. The number of carbonyl (C=O) groups excluding carboxylic acids is 1. The maximum absolute atomic E-state index is 11.7. The first-order valence-electron chi connectivity index (χ1n) is 5.81. The van der Waals surface area contributed by atoms with E-state index in [1.165, 1.54) is 16.2 Å². The number of carbonyl (C=O) groups is 1. The number of nitrogens with one attached hydrogen (secondary N) is 1. The summed E-state index contributed by atoms with van der Waals surface area (Å²) in [6, 6.07) is 3.37. The molecular formula is C12H16N2O3. The van der Waals surface area contributed by atoms with Gasteiger partial charge in [-0.25, -0.2) is 0 Å². The molecule has 92 valence electrons. The number of aryl methyl sites for hydroxylation is 1. The monoisotopic (exact) mass is 236 g/mol. The Morgan fingerprint density at radius 3 is 3.00 bits per heavy atom. The molecule has 0 spiro atoms. The Morgan fingerprint density at radius 1 is 1.41 bits per heavy atom. The zero-order chi connectivity index (χ0) is 12.3. The summed E-state index contributed by atoms with van der Waals surface area (Å²) < 4.78 is 1.54. The van der Waals surface area contributed by atoms with Gasteiger partial charge in [-0.3, -0.25) is 9.59 Å². The van der Waals surface area contributed by atoms with Crippen LogP contribution >= 0.6 is 0 Å². The van der Waals surface area contributed by atoms with Gasteiger partial charge in [0.05, 0.1) is 6.61 Å². The number of rotatable bonds is 4. The Bertz CT molecular complexity index is 479. The number of aliphatic hydroxyl groups excluding tert-OH is 1. The summed E-state index contributed by atoms with van der Waals surface area (Å²) in [5.41, 5.74) is 2.01. The average molecular weight is 236 g/mol. The van der Waals surface area contributed by atoms with E-state index in [4.69, 9.17) is 5.11 Å². The molecule has 0 atom stereocenters. The molecule has 2 N–H and O–H groups in total. The van der Waals surface area contributed by atoms with Gasteiger partial charge >= 0.3 is 0 Å². The Balaban J connectivity index is 2.18. The van der Waals surface area contributed by atoms with Gasteiger partial charge in [0.1, 0.15) is 6.54 Å². The summed E-state index contributed by atoms with van der Waals surface area (Å²) in [6.07, 6.45) is 2.88. The van der Waals surface area contributed by atoms with Gasteiger partial charge in [-0.1, -0.05) is 6.07 Å². The highest BCUT2D eigenvalue weighted by atomic mass is 16.3. The molecule has 1 aromatic heterocycles. The topological polar surface area (TPSA) is 71.3 Å². The Hall–Kier alpha value is -1.62. The lowest BCUT2D eigenvalue weighted by Gasteiger charge is -2.11. The van der Waals surface area contributed by atoms with Crippen LogP contribution in [0.4, 0.5) is 0 Å². The Kier molecular flexibility index (Phi) is 3.58. The molecule has 1 aromatic rings. The number of aromatic nitrogens is 1. The molecule has 1 aliphatic carbocycles. The van der Waals surface area contributed by atoms with E-state index in [2.05, 4.69) is 5.32 Å². The molecule has 5 nitrogen and oxygen atoms in total. The first kappa shape index (κ1) is 11.9. The number of nitrogens with zero attached hydrogens (tertiary/aromatic N) is 1. The second-order valence-electron chi connectivity index (χ2n) is 4.16. The van der Waals surface area contributed by atoms with Crippen LogP contribution in [-0.2, 0) is 24.2 Å². The normalized spacial score (nSPS) is 13.5. The van der Waals surface area contributed by atoms with Gasteiger partial charge in [-0.15, -0.1) is 0 Å². The van der Waals surface area contributed by atoms with Gasteiger partial charge in [0.15, 0.2) is 0 Å². The van der Waals surface area contributed by atoms with E-state index in [0.29, 0.717) is 0 Å². The fourth-order valence-electron chi connectivity index (χ4n) is 2.20. The highest BCUT2D eigenvalue weighted by molar-refractivity contribution is 5.75. The fourth-order valence-corrected chi connectivity index (χ4v) is 2.20. The highest BCUT2D eigenvalue weighted by Gasteiger charge is 2.17. The van der Waals surface area contributed by atoms with Crippen molar-refractivity contribution in [3.8, 4) is 0 Å². The van der Waals surface area contributed by atoms with Crippen molar-refractivity contribution in [2.24, 2.45) is 0 Å². The predicted molar refractivity (Wildman–Crippen MR) is 62.8 cm³/mol. The van der Waals surface area contributed by atoms with E-state index in [9.17, 15) is 9.59 Å². The molecule has 1 amide bonds. The molecule has 0 saturated heterocycles. The lowest BCUT2D eigenvalue weighted by molar-refractivity contribution is -0.121. The highest BCUT2D eigenvalue weighted by Crippen LogP contribution is 2.19. The lowest BCUT2D eigenvalue weighted by Crippen LogP contribution is -2.34. The maximum atomic E-state index is 11.7. The molecule has 1 aliphatic rings. The molecule has 17 heavy (non-hydrogen) atoms. The van der Waals surface area contributed by atoms with E-state index < -0.39 is 0 Å². The van der Waals surface area contributed by atoms with Crippen LogP contribution in [0.25, 0.3) is 0 Å². The third kappa shape index (κ3) is 2.55. The van der Waals surface area contributed by atoms with Gasteiger partial charge in [0.25, 0.3) is 5.56 Å². The van der Waals surface area contributed by atoms with Gasteiger partial charge in [0, 0.05) is 18.3 Å². The third-order valence-corrected chi connectivity index (χ3v) is 2.98. The summed E-state index contributed by atoms with van der Waals surface area (Å²) in [4.78, 5) is 23.3. The summed E-state index contributed by atoms with van der Waals surface area (Å²) in [5, 5.41) is 11.2. The van der Waals surface area contributed by atoms with Gasteiger partial charge in [-0.2, -0.15) is 0 Å². The molecule has 0 aliphatic heterocycles. The van der Waals surface area contributed by atoms with Gasteiger partial charge in [0.2, 0.25) is 5.91 Å². The van der Waals surface area contributed by atoms with Crippen LogP contribution in [0.15, 0.2) is 16.9 Å². The minimum absolute atomic E-state index is 0.0437. The van der Waals surface area contributed by atoms with Crippen molar-refractivity contribution in [3.63, 3.8) is 0 Å². The van der Waals surface area contributed by atoms with Crippen molar-refractivity contribution >= 4 is 5.91 Å². The SMILES string of the molecule is O=C(Cn1c2c(ccc1=O)CCC2)NCCO. The molecule has 2 rings (SSSR count). The van der Waals surface area contributed by atoms with Crippen molar-refractivity contribution in [2.75, 3.05) is 13.2 Å². The molecule has 0 unspecified atom stereocenters. The molecular weight excluding hydrogens is 220 g/mol. The first-order chi connectivity index (χ1) is 8.22. The molecule has 5 heteroatoms. The number of hydrogen-bond donors (Lipinski definition) is 2. The van der Waals surface area contributed by atoms with Crippen LogP contribution in [0.2, 0.25) is 0 Å². The number of fused-ring (bicyclic) bond motifs is 1. The molecule has 0 bridgehead atoms. The summed E-state index contributed by atoms with van der Waals surface area (Å²) in [5.74, 6) is -0.235. The van der Waals surface area contributed by atoms with E-state index in [1.54, 1.807) is 0 Å². The van der Waals surface area contributed by atoms with Crippen molar-refractivity contribution < 1.29 is 9.90 Å². The second kappa shape index (κ2) is 5.14. The average Bonchev–Trinajstić information content (AvgIpc) is 2.78. The van der Waals surface area contributed by atoms with Crippen LogP contribution in [0.3, 0.4) is 0 Å². The molecule has 0 aromatic carbocycles. The number of pyridine rings is 1. The second-order valence-corrected chi connectivity index (χ2v) is 4.16. The number of amides is 1. The summed E-state index contributed by atoms with van der Waals surface area (Å²) in [7, 11) is 0. The van der Waals surface area contributed by atoms with Crippen LogP contribution in [0, 0.1) is 0 Å².